The lowest BCUT2D eigenvalue weighted by molar-refractivity contribution is -0.114. The fourth-order valence-electron chi connectivity index (χ4n) is 3.78. The molecule has 4 aromatic rings. The first-order chi connectivity index (χ1) is 15.1. The molecule has 0 spiro atoms. The van der Waals surface area contributed by atoms with E-state index in [4.69, 9.17) is 9.72 Å². The summed E-state index contributed by atoms with van der Waals surface area (Å²) in [7, 11) is 0. The number of piperidine rings is 1. The second kappa shape index (κ2) is 8.19. The van der Waals surface area contributed by atoms with Crippen LogP contribution in [0.15, 0.2) is 42.7 Å². The van der Waals surface area contributed by atoms with E-state index < -0.39 is 0 Å². The number of aromatic nitrogens is 4. The number of H-pyrrole nitrogens is 1. The van der Waals surface area contributed by atoms with E-state index in [0.717, 1.165) is 47.9 Å². The third kappa shape index (κ3) is 4.26. The number of carbonyl (C=O) groups excluding carboxylic acids is 1. The van der Waals surface area contributed by atoms with Crippen molar-refractivity contribution in [1.29, 1.82) is 0 Å². The van der Waals surface area contributed by atoms with Crippen LogP contribution in [-0.4, -0.2) is 45.3 Å². The number of fused-ring (bicyclic) bond motifs is 2. The molecule has 1 amide bonds. The maximum absolute atomic E-state index is 11.6. The first-order valence-electron chi connectivity index (χ1n) is 10.3. The molecule has 1 aliphatic heterocycles. The number of nitrogens with zero attached hydrogens (tertiary/aromatic N) is 3. The monoisotopic (exact) mass is 417 g/mol. The topological polar surface area (TPSA) is 117 Å². The Bertz CT molecular complexity index is 1250. The van der Waals surface area contributed by atoms with Gasteiger partial charge < -0.3 is 20.7 Å². The van der Waals surface area contributed by atoms with Gasteiger partial charge in [-0.25, -0.2) is 9.97 Å². The van der Waals surface area contributed by atoms with Crippen molar-refractivity contribution in [3.05, 3.63) is 42.7 Å². The Labute approximate surface area is 178 Å². The zero-order chi connectivity index (χ0) is 21.2. The molecule has 0 unspecified atom stereocenters. The highest BCUT2D eigenvalue weighted by Crippen LogP contribution is 2.31. The Kier molecular flexibility index (Phi) is 5.09. The molecule has 0 bridgehead atoms. The lowest BCUT2D eigenvalue weighted by Crippen LogP contribution is -2.34. The van der Waals surface area contributed by atoms with Gasteiger partial charge in [-0.3, -0.25) is 9.89 Å². The van der Waals surface area contributed by atoms with Crippen LogP contribution < -0.4 is 20.7 Å². The molecule has 31 heavy (non-hydrogen) atoms. The fourth-order valence-corrected chi connectivity index (χ4v) is 3.78. The number of aromatic amines is 1. The van der Waals surface area contributed by atoms with Gasteiger partial charge in [0.15, 0.2) is 0 Å². The third-order valence-corrected chi connectivity index (χ3v) is 5.25. The number of anilines is 3. The Morgan fingerprint density at radius 3 is 2.81 bits per heavy atom. The molecule has 0 atom stereocenters. The molecule has 9 nitrogen and oxygen atoms in total. The van der Waals surface area contributed by atoms with Crippen molar-refractivity contribution >= 4 is 45.0 Å². The quantitative estimate of drug-likeness (QED) is 0.393. The summed E-state index contributed by atoms with van der Waals surface area (Å²) in [6.07, 6.45) is 5.47. The number of carbonyl (C=O) groups is 1. The van der Waals surface area contributed by atoms with Gasteiger partial charge in [-0.1, -0.05) is 0 Å². The highest BCUT2D eigenvalue weighted by atomic mass is 16.5. The zero-order valence-electron chi connectivity index (χ0n) is 17.1. The van der Waals surface area contributed by atoms with Crippen LogP contribution in [0.2, 0.25) is 0 Å². The molecule has 158 valence electrons. The van der Waals surface area contributed by atoms with Crippen LogP contribution in [0.25, 0.3) is 21.8 Å². The molecule has 0 radical (unpaired) electrons. The van der Waals surface area contributed by atoms with Gasteiger partial charge in [0, 0.05) is 41.3 Å². The standard InChI is InChI=1S/C22H23N7O2/c1-13(30)26-17-8-15-11-24-22(27-16-3-2-14-12-25-29-19(14)9-16)28-21(15)20(10-17)31-18-4-6-23-7-5-18/h2-3,8-12,18,23H,4-7H2,1H3,(H,25,29)(H,26,30)(H,24,27,28). The van der Waals surface area contributed by atoms with Crippen LogP contribution in [-0.2, 0) is 4.79 Å². The summed E-state index contributed by atoms with van der Waals surface area (Å²) in [5.74, 6) is 0.969. The summed E-state index contributed by atoms with van der Waals surface area (Å²) in [6, 6.07) is 9.58. The van der Waals surface area contributed by atoms with Crippen molar-refractivity contribution in [1.82, 2.24) is 25.5 Å². The van der Waals surface area contributed by atoms with Gasteiger partial charge in [-0.05, 0) is 50.2 Å². The van der Waals surface area contributed by atoms with Gasteiger partial charge in [0.05, 0.1) is 11.7 Å². The second-order valence-electron chi connectivity index (χ2n) is 7.65. The lowest BCUT2D eigenvalue weighted by Gasteiger charge is -2.24. The first-order valence-corrected chi connectivity index (χ1v) is 10.3. The minimum Gasteiger partial charge on any atom is -0.488 e. The van der Waals surface area contributed by atoms with Crippen LogP contribution in [0.3, 0.4) is 0 Å². The summed E-state index contributed by atoms with van der Waals surface area (Å²) in [6.45, 7) is 3.33. The van der Waals surface area contributed by atoms with Crippen LogP contribution in [0.4, 0.5) is 17.3 Å². The Morgan fingerprint density at radius 2 is 1.97 bits per heavy atom. The van der Waals surface area contributed by atoms with Gasteiger partial charge in [0.25, 0.3) is 0 Å². The van der Waals surface area contributed by atoms with E-state index in [1.807, 2.05) is 30.3 Å². The molecule has 1 aliphatic rings. The van der Waals surface area contributed by atoms with Crippen molar-refractivity contribution in [2.24, 2.45) is 0 Å². The van der Waals surface area contributed by atoms with E-state index >= 15 is 0 Å². The normalized spacial score (nSPS) is 14.6. The number of rotatable bonds is 5. The van der Waals surface area contributed by atoms with Crippen LogP contribution in [0.1, 0.15) is 19.8 Å². The maximum atomic E-state index is 11.6. The van der Waals surface area contributed by atoms with Gasteiger partial charge in [0.2, 0.25) is 11.9 Å². The summed E-state index contributed by atoms with van der Waals surface area (Å²) in [5, 5.41) is 18.3. The van der Waals surface area contributed by atoms with Crippen molar-refractivity contribution < 1.29 is 9.53 Å². The van der Waals surface area contributed by atoms with Crippen molar-refractivity contribution in [3.8, 4) is 5.75 Å². The summed E-state index contributed by atoms with van der Waals surface area (Å²) in [4.78, 5) is 20.7. The number of ether oxygens (including phenoxy) is 1. The highest BCUT2D eigenvalue weighted by molar-refractivity contribution is 5.95. The van der Waals surface area contributed by atoms with E-state index in [1.165, 1.54) is 6.92 Å². The largest absolute Gasteiger partial charge is 0.488 e. The lowest BCUT2D eigenvalue weighted by atomic mass is 10.1. The molecule has 5 rings (SSSR count). The molecule has 3 heterocycles. The third-order valence-electron chi connectivity index (χ3n) is 5.25. The molecule has 1 fully saturated rings. The molecule has 2 aromatic heterocycles. The predicted octanol–water partition coefficient (Wildman–Crippen LogP) is 3.34. The van der Waals surface area contributed by atoms with E-state index in [2.05, 4.69) is 31.1 Å². The molecular weight excluding hydrogens is 394 g/mol. The first kappa shape index (κ1) is 19.3. The van der Waals surface area contributed by atoms with E-state index in [1.54, 1.807) is 12.4 Å². The van der Waals surface area contributed by atoms with Gasteiger partial charge in [0.1, 0.15) is 17.4 Å². The average Bonchev–Trinajstić information content (AvgIpc) is 3.22. The minimum absolute atomic E-state index is 0.103. The molecule has 0 saturated carbocycles. The Balaban J connectivity index is 1.50. The van der Waals surface area contributed by atoms with E-state index in [0.29, 0.717) is 22.9 Å². The van der Waals surface area contributed by atoms with Gasteiger partial charge in [-0.2, -0.15) is 5.10 Å². The van der Waals surface area contributed by atoms with Crippen LogP contribution in [0, 0.1) is 0 Å². The molecule has 9 heteroatoms. The summed E-state index contributed by atoms with van der Waals surface area (Å²) >= 11 is 0. The van der Waals surface area contributed by atoms with Crippen molar-refractivity contribution in [3.63, 3.8) is 0 Å². The molecule has 1 saturated heterocycles. The second-order valence-corrected chi connectivity index (χ2v) is 7.65. The Hall–Kier alpha value is -3.72. The van der Waals surface area contributed by atoms with Crippen LogP contribution in [0.5, 0.6) is 5.75 Å². The summed E-state index contributed by atoms with van der Waals surface area (Å²) in [5.41, 5.74) is 3.15. The fraction of sp³-hybridized carbons (Fsp3) is 0.273. The SMILES string of the molecule is CC(=O)Nc1cc(OC2CCNCC2)c2nc(Nc3ccc4cn[nH]c4c3)ncc2c1. The predicted molar refractivity (Wildman–Crippen MR) is 120 cm³/mol. The van der Waals surface area contributed by atoms with Gasteiger partial charge in [-0.15, -0.1) is 0 Å². The summed E-state index contributed by atoms with van der Waals surface area (Å²) < 4.78 is 6.32. The smallest absolute Gasteiger partial charge is 0.227 e. The molecular formula is C22H23N7O2. The average molecular weight is 417 g/mol. The Morgan fingerprint density at radius 1 is 1.10 bits per heavy atom. The molecule has 4 N–H and O–H groups in total. The maximum Gasteiger partial charge on any atom is 0.227 e. The molecule has 0 aliphatic carbocycles. The van der Waals surface area contributed by atoms with Crippen LogP contribution >= 0.6 is 0 Å². The number of benzene rings is 2. The molecule has 2 aromatic carbocycles. The highest BCUT2D eigenvalue weighted by Gasteiger charge is 2.18. The number of amides is 1. The zero-order valence-corrected chi connectivity index (χ0v) is 17.1. The van der Waals surface area contributed by atoms with E-state index in [-0.39, 0.29) is 12.0 Å². The minimum atomic E-state index is -0.138. The number of nitrogens with one attached hydrogen (secondary N) is 4. The van der Waals surface area contributed by atoms with Gasteiger partial charge >= 0.3 is 0 Å². The number of hydrogen-bond acceptors (Lipinski definition) is 7. The van der Waals surface area contributed by atoms with Crippen molar-refractivity contribution in [2.75, 3.05) is 23.7 Å². The number of hydrogen-bond donors (Lipinski definition) is 4. The van der Waals surface area contributed by atoms with E-state index in [9.17, 15) is 4.79 Å². The van der Waals surface area contributed by atoms with Crippen molar-refractivity contribution in [2.45, 2.75) is 25.9 Å².